The number of morpholine rings is 1. The lowest BCUT2D eigenvalue weighted by Crippen LogP contribution is -2.42. The normalized spacial score (nSPS) is 17.0. The van der Waals surface area contributed by atoms with Crippen molar-refractivity contribution in [1.29, 1.82) is 0 Å². The van der Waals surface area contributed by atoms with E-state index >= 15 is 0 Å². The van der Waals surface area contributed by atoms with E-state index in [1.54, 1.807) is 27.2 Å². The van der Waals surface area contributed by atoms with E-state index in [1.807, 2.05) is 37.4 Å². The van der Waals surface area contributed by atoms with Crippen LogP contribution in [0.2, 0.25) is 0 Å². The number of pyridine rings is 2. The maximum Gasteiger partial charge on any atom is 0.273 e. The summed E-state index contributed by atoms with van der Waals surface area (Å²) in [6, 6.07) is 7.92. The lowest BCUT2D eigenvalue weighted by molar-refractivity contribution is -0.0242. The maximum atomic E-state index is 12.8. The molecule has 5 rings (SSSR count). The molecule has 0 spiro atoms. The summed E-state index contributed by atoms with van der Waals surface area (Å²) >= 11 is 1.48. The topological polar surface area (TPSA) is 85.5 Å². The fourth-order valence-electron chi connectivity index (χ4n) is 3.48. The number of fused-ring (bicyclic) bond motifs is 1. The molecule has 1 aliphatic heterocycles. The van der Waals surface area contributed by atoms with Crippen LogP contribution < -0.4 is 0 Å². The fraction of sp³-hybridized carbons (Fsp3) is 0.250. The summed E-state index contributed by atoms with van der Waals surface area (Å²) in [5.74, 6) is -0.0703. The maximum absolute atomic E-state index is 12.8. The van der Waals surface area contributed by atoms with E-state index in [4.69, 9.17) is 4.74 Å². The number of thiazole rings is 1. The zero-order chi connectivity index (χ0) is 19.8. The van der Waals surface area contributed by atoms with Crippen LogP contribution >= 0.6 is 11.3 Å². The van der Waals surface area contributed by atoms with Gasteiger partial charge in [-0.3, -0.25) is 9.78 Å². The lowest BCUT2D eigenvalue weighted by Gasteiger charge is -2.31. The number of ether oxygens (including phenoxy) is 1. The van der Waals surface area contributed by atoms with Crippen LogP contribution in [0.1, 0.15) is 27.3 Å². The van der Waals surface area contributed by atoms with Crippen molar-refractivity contribution in [1.82, 2.24) is 29.7 Å². The van der Waals surface area contributed by atoms with Crippen molar-refractivity contribution >= 4 is 22.8 Å². The molecule has 0 saturated carbocycles. The second-order valence-electron chi connectivity index (χ2n) is 6.82. The zero-order valence-corrected chi connectivity index (χ0v) is 16.5. The predicted octanol–water partition coefficient (Wildman–Crippen LogP) is 2.77. The van der Waals surface area contributed by atoms with E-state index in [1.165, 1.54) is 11.3 Å². The summed E-state index contributed by atoms with van der Waals surface area (Å²) < 4.78 is 7.68. The molecule has 0 aliphatic carbocycles. The first-order chi connectivity index (χ1) is 14.2. The Hall–Kier alpha value is -3.17. The van der Waals surface area contributed by atoms with Gasteiger partial charge in [0.05, 0.1) is 23.7 Å². The SMILES string of the molecule is Cc1nc(C(=O)N2CCO[C@@H](c3nnn4cc(-c5ccncc5)ccc34)C2)cs1. The highest BCUT2D eigenvalue weighted by molar-refractivity contribution is 7.09. The number of hydrogen-bond donors (Lipinski definition) is 0. The van der Waals surface area contributed by atoms with Crippen LogP contribution in [-0.2, 0) is 4.74 Å². The van der Waals surface area contributed by atoms with Crippen LogP contribution in [0.25, 0.3) is 16.6 Å². The number of hydrogen-bond acceptors (Lipinski definition) is 7. The number of nitrogens with zero attached hydrogens (tertiary/aromatic N) is 6. The molecule has 9 heteroatoms. The zero-order valence-electron chi connectivity index (χ0n) is 15.7. The van der Waals surface area contributed by atoms with Crippen molar-refractivity contribution in [2.45, 2.75) is 13.0 Å². The highest BCUT2D eigenvalue weighted by Gasteiger charge is 2.30. The predicted molar refractivity (Wildman–Crippen MR) is 108 cm³/mol. The minimum absolute atomic E-state index is 0.0703. The summed E-state index contributed by atoms with van der Waals surface area (Å²) in [7, 11) is 0. The van der Waals surface area contributed by atoms with Crippen molar-refractivity contribution in [3.8, 4) is 11.1 Å². The number of rotatable bonds is 3. The Balaban J connectivity index is 1.41. The van der Waals surface area contributed by atoms with Crippen molar-refractivity contribution in [2.24, 2.45) is 0 Å². The van der Waals surface area contributed by atoms with Gasteiger partial charge in [-0.25, -0.2) is 9.50 Å². The Kier molecular flexibility index (Phi) is 4.53. The minimum atomic E-state index is -0.322. The van der Waals surface area contributed by atoms with Crippen molar-refractivity contribution in [3.05, 3.63) is 64.6 Å². The van der Waals surface area contributed by atoms with Crippen molar-refractivity contribution in [3.63, 3.8) is 0 Å². The van der Waals surface area contributed by atoms with Gasteiger partial charge in [-0.15, -0.1) is 16.4 Å². The Bertz CT molecular complexity index is 1170. The molecule has 0 unspecified atom stereocenters. The molecule has 4 aromatic heterocycles. The second kappa shape index (κ2) is 7.34. The first kappa shape index (κ1) is 17.9. The number of carbonyl (C=O) groups excluding carboxylic acids is 1. The van der Waals surface area contributed by atoms with Gasteiger partial charge in [-0.1, -0.05) is 11.3 Å². The highest BCUT2D eigenvalue weighted by atomic mass is 32.1. The smallest absolute Gasteiger partial charge is 0.273 e. The summed E-state index contributed by atoms with van der Waals surface area (Å²) in [5, 5.41) is 11.3. The third kappa shape index (κ3) is 3.39. The van der Waals surface area contributed by atoms with Crippen LogP contribution in [0, 0.1) is 6.92 Å². The monoisotopic (exact) mass is 406 g/mol. The molecule has 1 saturated heterocycles. The van der Waals surface area contributed by atoms with Crippen molar-refractivity contribution in [2.75, 3.05) is 19.7 Å². The first-order valence-electron chi connectivity index (χ1n) is 9.27. The molecule has 0 radical (unpaired) electrons. The molecule has 146 valence electrons. The fourth-order valence-corrected chi connectivity index (χ4v) is 4.07. The third-order valence-electron chi connectivity index (χ3n) is 4.95. The van der Waals surface area contributed by atoms with Crippen LogP contribution in [0.4, 0.5) is 0 Å². The molecule has 29 heavy (non-hydrogen) atoms. The first-order valence-corrected chi connectivity index (χ1v) is 10.2. The van der Waals surface area contributed by atoms with E-state index in [0.29, 0.717) is 25.4 Å². The van der Waals surface area contributed by atoms with E-state index in [0.717, 1.165) is 27.3 Å². The summed E-state index contributed by atoms with van der Waals surface area (Å²) in [6.45, 7) is 3.31. The summed E-state index contributed by atoms with van der Waals surface area (Å²) in [5.41, 5.74) is 4.17. The van der Waals surface area contributed by atoms with Gasteiger partial charge in [-0.05, 0) is 30.7 Å². The van der Waals surface area contributed by atoms with E-state index in [9.17, 15) is 4.79 Å². The standard InChI is InChI=1S/C20H18N6O2S/c1-13-22-16(12-29-13)20(27)25-8-9-28-18(11-25)19-17-3-2-15(10-26(17)24-23-19)14-4-6-21-7-5-14/h2-7,10,12,18H,8-9,11H2,1H3/t18-/m1/s1. The van der Waals surface area contributed by atoms with Gasteiger partial charge in [0.15, 0.2) is 0 Å². The molecule has 1 atom stereocenters. The van der Waals surface area contributed by atoms with E-state index in [-0.39, 0.29) is 12.0 Å². The lowest BCUT2D eigenvalue weighted by atomic mass is 10.1. The Morgan fingerprint density at radius 3 is 2.86 bits per heavy atom. The highest BCUT2D eigenvalue weighted by Crippen LogP contribution is 2.27. The second-order valence-corrected chi connectivity index (χ2v) is 7.88. The number of aromatic nitrogens is 5. The van der Waals surface area contributed by atoms with Crippen LogP contribution in [0.5, 0.6) is 0 Å². The molecule has 0 bridgehead atoms. The van der Waals surface area contributed by atoms with E-state index in [2.05, 4.69) is 20.3 Å². The average molecular weight is 406 g/mol. The number of aryl methyl sites for hydroxylation is 1. The number of amides is 1. The van der Waals surface area contributed by atoms with Crippen molar-refractivity contribution < 1.29 is 9.53 Å². The quantitative estimate of drug-likeness (QED) is 0.520. The van der Waals surface area contributed by atoms with Crippen LogP contribution in [0.15, 0.2) is 48.2 Å². The van der Waals surface area contributed by atoms with Gasteiger partial charge in [0.1, 0.15) is 17.5 Å². The molecule has 0 N–H and O–H groups in total. The van der Waals surface area contributed by atoms with Gasteiger partial charge in [0.2, 0.25) is 0 Å². The Morgan fingerprint density at radius 1 is 1.21 bits per heavy atom. The molecular weight excluding hydrogens is 388 g/mol. The minimum Gasteiger partial charge on any atom is -0.368 e. The Labute approximate surface area is 170 Å². The molecule has 4 aromatic rings. The largest absolute Gasteiger partial charge is 0.368 e. The average Bonchev–Trinajstić information content (AvgIpc) is 3.39. The molecular formula is C20H18N6O2S. The van der Waals surface area contributed by atoms with Crippen LogP contribution in [0.3, 0.4) is 0 Å². The number of carbonyl (C=O) groups is 1. The van der Waals surface area contributed by atoms with Gasteiger partial charge in [0.25, 0.3) is 5.91 Å². The summed E-state index contributed by atoms with van der Waals surface area (Å²) in [6.07, 6.45) is 5.14. The Morgan fingerprint density at radius 2 is 2.07 bits per heavy atom. The summed E-state index contributed by atoms with van der Waals surface area (Å²) in [4.78, 5) is 22.9. The molecule has 1 aliphatic rings. The molecule has 1 amide bonds. The van der Waals surface area contributed by atoms with Crippen LogP contribution in [-0.4, -0.2) is 55.3 Å². The third-order valence-corrected chi connectivity index (χ3v) is 5.72. The molecule has 8 nitrogen and oxygen atoms in total. The van der Waals surface area contributed by atoms with Gasteiger partial charge >= 0.3 is 0 Å². The molecule has 0 aromatic carbocycles. The van der Waals surface area contributed by atoms with Gasteiger partial charge in [-0.2, -0.15) is 0 Å². The molecule has 5 heterocycles. The van der Waals surface area contributed by atoms with Gasteiger partial charge in [0, 0.05) is 36.1 Å². The molecule has 1 fully saturated rings. The van der Waals surface area contributed by atoms with Gasteiger partial charge < -0.3 is 9.64 Å². The van der Waals surface area contributed by atoms with E-state index < -0.39 is 0 Å².